The smallest absolute Gasteiger partial charge is 0.324 e. The molecule has 31 heavy (non-hydrogen) atoms. The average Bonchev–Trinajstić information content (AvgIpc) is 2.65. The van der Waals surface area contributed by atoms with Crippen molar-refractivity contribution in [3.05, 3.63) is 0 Å². The van der Waals surface area contributed by atoms with Crippen LogP contribution in [0.2, 0.25) is 0 Å². The number of esters is 1. The number of sulfone groups is 1. The maximum absolute atomic E-state index is 11.4. The highest BCUT2D eigenvalue weighted by molar-refractivity contribution is 14.3. The Kier molecular flexibility index (Phi) is 24.4. The van der Waals surface area contributed by atoms with E-state index < -0.39 is 21.8 Å². The number of rotatable bonds is 8. The van der Waals surface area contributed by atoms with Crippen LogP contribution in [0.1, 0.15) is 20.3 Å². The van der Waals surface area contributed by atoms with Gasteiger partial charge in [-0.05, 0) is 33.9 Å². The normalized spacial score (nSPS) is 20.4. The zero-order valence-corrected chi connectivity index (χ0v) is 32.2. The van der Waals surface area contributed by atoms with Crippen LogP contribution in [0.5, 0.6) is 0 Å². The summed E-state index contributed by atoms with van der Waals surface area (Å²) >= 11 is 7.05. The number of methoxy groups -OCH3 is 1. The number of hydrogen-bond donors (Lipinski definition) is 1. The Hall–Kier alpha value is 4.21. The third-order valence-corrected chi connectivity index (χ3v) is 37.5. The fourth-order valence-corrected chi connectivity index (χ4v) is 24.8. The lowest BCUT2D eigenvalue weighted by Crippen LogP contribution is -2.52. The highest BCUT2D eigenvalue weighted by Gasteiger charge is 2.36. The summed E-state index contributed by atoms with van der Waals surface area (Å²) in [6, 6.07) is -0.617. The lowest BCUT2D eigenvalue weighted by molar-refractivity contribution is -0.146. The fourth-order valence-electron chi connectivity index (χ4n) is 2.06. The number of alkyl halides is 3. The minimum Gasteiger partial charge on any atom is -0.468 e. The van der Waals surface area contributed by atoms with Gasteiger partial charge in [-0.15, -0.1) is 17.9 Å². The predicted molar refractivity (Wildman–Crippen MR) is 180 cm³/mol. The summed E-state index contributed by atoms with van der Waals surface area (Å²) in [5.74, 6) is -0.424. The van der Waals surface area contributed by atoms with Gasteiger partial charge in [0.2, 0.25) is 0 Å². The topological polar surface area (TPSA) is 92.8 Å². The fraction of sp³-hybridized carbons (Fsp3) is 0.846. The maximum Gasteiger partial charge on any atom is 0.324 e. The number of aldehydes is 1. The van der Waals surface area contributed by atoms with E-state index >= 15 is 0 Å². The number of hydrogen-bond acceptors (Lipinski definition) is 7. The lowest BCUT2D eigenvalue weighted by atomic mass is 10.2. The van der Waals surface area contributed by atoms with Gasteiger partial charge in [-0.2, -0.15) is 0 Å². The zero-order chi connectivity index (χ0) is 24.8. The standard InChI is InChI=1S/C9H17NO4S.C2H3I3.C2H12NOP7/c1-3-4-10-5-6-15(12,13)7-8(10)9(11)14-2;1-2(3,4)5;4-2-1-3-9(5)11(8)10(6)7/h8H,3-7H2,1-2H3;1H3;2-3H,1,5-8H2. The van der Waals surface area contributed by atoms with Gasteiger partial charge in [0.05, 0.1) is 25.2 Å². The Bertz CT molecular complexity index is 625. The Labute approximate surface area is 241 Å². The number of carbonyl (C=O) groups is 2. The zero-order valence-electron chi connectivity index (χ0n) is 17.6. The molecule has 1 aliphatic heterocycles. The first-order valence-corrected chi connectivity index (χ1v) is 25.7. The number of halogens is 3. The molecule has 1 rings (SSSR count). The van der Waals surface area contributed by atoms with Gasteiger partial charge in [0.15, 0.2) is 9.84 Å². The van der Waals surface area contributed by atoms with Crippen LogP contribution in [-0.2, 0) is 24.2 Å². The molecule has 0 bridgehead atoms. The van der Waals surface area contributed by atoms with Gasteiger partial charge in [-0.3, -0.25) is 14.8 Å². The molecule has 0 aromatic carbocycles. The molecule has 1 fully saturated rings. The SMILES string of the molecule is CC(I)(I)I.CCCN1CCS(=O)(=O)CC1C(=O)OC.O=CCNP(P)P(P)P(P)P. The van der Waals surface area contributed by atoms with E-state index in [0.29, 0.717) is 12.5 Å². The molecule has 0 aromatic heterocycles. The second-order valence-electron chi connectivity index (χ2n) is 6.04. The van der Waals surface area contributed by atoms with Crippen molar-refractivity contribution in [2.24, 2.45) is 0 Å². The van der Waals surface area contributed by atoms with E-state index in [2.05, 4.69) is 120 Å². The largest absolute Gasteiger partial charge is 0.468 e. The second-order valence-corrected chi connectivity index (χ2v) is 44.3. The summed E-state index contributed by atoms with van der Waals surface area (Å²) in [6.07, 6.45) is 1.80. The van der Waals surface area contributed by atoms with Crippen LogP contribution in [0.4, 0.5) is 0 Å². The number of nitrogens with one attached hydrogen (secondary N) is 1. The summed E-state index contributed by atoms with van der Waals surface area (Å²) < 4.78 is 27.8. The van der Waals surface area contributed by atoms with E-state index in [4.69, 9.17) is 0 Å². The van der Waals surface area contributed by atoms with Crippen molar-refractivity contribution in [3.63, 3.8) is 0 Å². The molecular formula is C13H32I3N2O5P7S. The van der Waals surface area contributed by atoms with Gasteiger partial charge >= 0.3 is 5.97 Å². The molecule has 7 unspecified atom stereocenters. The van der Waals surface area contributed by atoms with E-state index in [1.807, 2.05) is 11.8 Å². The Morgan fingerprint density at radius 3 is 2.19 bits per heavy atom. The molecule has 0 spiro atoms. The summed E-state index contributed by atoms with van der Waals surface area (Å²) in [6.45, 7) is 5.70. The quantitative estimate of drug-likeness (QED) is 0.109. The number of ether oxygens (including phenoxy) is 1. The number of carbonyl (C=O) groups excluding carboxylic acids is 2. The van der Waals surface area contributed by atoms with Crippen LogP contribution in [0.15, 0.2) is 0 Å². The van der Waals surface area contributed by atoms with Crippen LogP contribution in [0.25, 0.3) is 0 Å². The van der Waals surface area contributed by atoms with Gasteiger partial charge < -0.3 is 9.53 Å². The molecule has 18 heteroatoms. The molecule has 7 nitrogen and oxygen atoms in total. The van der Waals surface area contributed by atoms with Crippen molar-refractivity contribution in [1.29, 1.82) is 0 Å². The Balaban J connectivity index is 0. The molecular weight excluding hydrogens is 894 g/mol. The minimum absolute atomic E-state index is 0.0270. The van der Waals surface area contributed by atoms with Crippen LogP contribution < -0.4 is 5.09 Å². The van der Waals surface area contributed by atoms with E-state index in [-0.39, 0.29) is 32.9 Å². The van der Waals surface area contributed by atoms with E-state index in [1.165, 1.54) is 7.11 Å². The molecule has 0 aliphatic carbocycles. The first kappa shape index (κ1) is 37.4. The third-order valence-electron chi connectivity index (χ3n) is 3.32. The van der Waals surface area contributed by atoms with Crippen molar-refractivity contribution < 1.29 is 22.7 Å². The summed E-state index contributed by atoms with van der Waals surface area (Å²) in [4.78, 5) is 23.3. The van der Waals surface area contributed by atoms with Crippen molar-refractivity contribution in [1.82, 2.24) is 9.99 Å². The Morgan fingerprint density at radius 2 is 1.81 bits per heavy atom. The average molecular weight is 926 g/mol. The first-order valence-electron chi connectivity index (χ1n) is 8.74. The monoisotopic (exact) mass is 926 g/mol. The van der Waals surface area contributed by atoms with Gasteiger partial charge in [-0.25, -0.2) is 8.42 Å². The third kappa shape index (κ3) is 22.0. The van der Waals surface area contributed by atoms with Crippen molar-refractivity contribution >= 4 is 147 Å². The molecule has 186 valence electrons. The van der Waals surface area contributed by atoms with Crippen LogP contribution in [-0.4, -0.2) is 69.3 Å². The second kappa shape index (κ2) is 20.2. The molecule has 0 saturated carbocycles. The summed E-state index contributed by atoms with van der Waals surface area (Å²) in [5.41, 5.74) is 0. The van der Waals surface area contributed by atoms with Crippen LogP contribution >= 0.6 is 125 Å². The van der Waals surface area contributed by atoms with E-state index in [9.17, 15) is 18.0 Å². The molecule has 0 aromatic rings. The molecule has 1 aliphatic rings. The maximum atomic E-state index is 11.4. The van der Waals surface area contributed by atoms with Crippen molar-refractivity contribution in [3.8, 4) is 0 Å². The Morgan fingerprint density at radius 1 is 1.29 bits per heavy atom. The molecule has 1 N–H and O–H groups in total. The van der Waals surface area contributed by atoms with Gasteiger partial charge in [-0.1, -0.05) is 92.6 Å². The van der Waals surface area contributed by atoms with Gasteiger partial charge in [0.25, 0.3) is 0 Å². The van der Waals surface area contributed by atoms with Crippen LogP contribution in [0.3, 0.4) is 0 Å². The summed E-state index contributed by atoms with van der Waals surface area (Å²) in [7, 11) is 9.25. The van der Waals surface area contributed by atoms with Gasteiger partial charge in [0, 0.05) is 14.0 Å². The predicted octanol–water partition coefficient (Wildman–Crippen LogP) is 5.76. The molecule has 1 saturated heterocycles. The summed E-state index contributed by atoms with van der Waals surface area (Å²) in [5, 5.41) is 3.17. The lowest BCUT2D eigenvalue weighted by Gasteiger charge is -2.33. The van der Waals surface area contributed by atoms with Gasteiger partial charge in [0.1, 0.15) is 11.8 Å². The van der Waals surface area contributed by atoms with Crippen molar-refractivity contribution in [2.75, 3.05) is 38.2 Å². The molecule has 1 heterocycles. The molecule has 0 radical (unpaired) electrons. The number of nitrogens with zero attached hydrogens (tertiary/aromatic N) is 1. The van der Waals surface area contributed by atoms with E-state index in [0.717, 1.165) is 19.3 Å². The first-order chi connectivity index (χ1) is 14.1. The minimum atomic E-state index is -3.08. The highest BCUT2D eigenvalue weighted by atomic mass is 127. The molecule has 0 amide bonds. The molecule has 7 atom stereocenters. The van der Waals surface area contributed by atoms with Crippen LogP contribution in [0, 0.1) is 0 Å². The van der Waals surface area contributed by atoms with Crippen molar-refractivity contribution in [2.45, 2.75) is 25.7 Å². The highest BCUT2D eigenvalue weighted by Crippen LogP contribution is 2.97. The van der Waals surface area contributed by atoms with E-state index in [1.54, 1.807) is 0 Å².